The molecule has 0 bridgehead atoms. The van der Waals surface area contributed by atoms with E-state index in [9.17, 15) is 14.0 Å². The lowest BCUT2D eigenvalue weighted by Gasteiger charge is -2.26. The predicted molar refractivity (Wildman–Crippen MR) is 99.9 cm³/mol. The highest BCUT2D eigenvalue weighted by Gasteiger charge is 2.18. The second-order valence-corrected chi connectivity index (χ2v) is 6.21. The molecular formula is C21H25FN2O2. The van der Waals surface area contributed by atoms with Gasteiger partial charge >= 0.3 is 0 Å². The minimum absolute atomic E-state index is 0.0528. The zero-order chi connectivity index (χ0) is 18.9. The van der Waals surface area contributed by atoms with E-state index in [4.69, 9.17) is 0 Å². The first-order valence-electron chi connectivity index (χ1n) is 8.81. The molecule has 2 amide bonds. The van der Waals surface area contributed by atoms with E-state index >= 15 is 0 Å². The summed E-state index contributed by atoms with van der Waals surface area (Å²) in [5, 5.41) is 0. The number of carbonyl (C=O) groups excluding carboxylic acids is 2. The van der Waals surface area contributed by atoms with Gasteiger partial charge in [-0.2, -0.15) is 0 Å². The lowest BCUT2D eigenvalue weighted by Crippen LogP contribution is -2.42. The predicted octanol–water partition coefficient (Wildman–Crippen LogP) is 3.27. The molecule has 0 aliphatic carbocycles. The van der Waals surface area contributed by atoms with Crippen LogP contribution in [0.4, 0.5) is 4.39 Å². The zero-order valence-electron chi connectivity index (χ0n) is 15.3. The van der Waals surface area contributed by atoms with E-state index in [-0.39, 0.29) is 24.2 Å². The molecule has 0 atom stereocenters. The van der Waals surface area contributed by atoms with Crippen LogP contribution in [0, 0.1) is 5.82 Å². The SMILES string of the molecule is CCN(Cc1ccccc1)C(=O)CN(CCc1ccc(F)cc1)C(C)=O. The van der Waals surface area contributed by atoms with E-state index in [0.717, 1.165) is 11.1 Å². The Morgan fingerprint density at radius 3 is 2.15 bits per heavy atom. The number of hydrogen-bond acceptors (Lipinski definition) is 2. The van der Waals surface area contributed by atoms with Crippen molar-refractivity contribution in [2.75, 3.05) is 19.6 Å². The fraction of sp³-hybridized carbons (Fsp3) is 0.333. The van der Waals surface area contributed by atoms with Crippen molar-refractivity contribution >= 4 is 11.8 Å². The Morgan fingerprint density at radius 1 is 0.923 bits per heavy atom. The highest BCUT2D eigenvalue weighted by atomic mass is 19.1. The first-order chi connectivity index (χ1) is 12.5. The Balaban J connectivity index is 1.95. The Hall–Kier alpha value is -2.69. The van der Waals surface area contributed by atoms with E-state index in [1.807, 2.05) is 37.3 Å². The Labute approximate surface area is 154 Å². The van der Waals surface area contributed by atoms with E-state index in [0.29, 0.717) is 26.1 Å². The molecule has 0 saturated heterocycles. The summed E-state index contributed by atoms with van der Waals surface area (Å²) in [6, 6.07) is 16.0. The molecule has 0 spiro atoms. The summed E-state index contributed by atoms with van der Waals surface area (Å²) < 4.78 is 13.0. The molecular weight excluding hydrogens is 331 g/mol. The minimum atomic E-state index is -0.285. The molecule has 5 heteroatoms. The highest BCUT2D eigenvalue weighted by molar-refractivity contribution is 5.83. The maximum Gasteiger partial charge on any atom is 0.242 e. The fourth-order valence-electron chi connectivity index (χ4n) is 2.71. The molecule has 0 heterocycles. The van der Waals surface area contributed by atoms with E-state index < -0.39 is 0 Å². The van der Waals surface area contributed by atoms with Crippen LogP contribution in [0.1, 0.15) is 25.0 Å². The van der Waals surface area contributed by atoms with Crippen LogP contribution in [0.5, 0.6) is 0 Å². The topological polar surface area (TPSA) is 40.6 Å². The van der Waals surface area contributed by atoms with Crippen molar-refractivity contribution in [2.24, 2.45) is 0 Å². The number of benzene rings is 2. The molecule has 0 aliphatic rings. The number of rotatable bonds is 8. The minimum Gasteiger partial charge on any atom is -0.337 e. The van der Waals surface area contributed by atoms with Gasteiger partial charge in [0.1, 0.15) is 5.82 Å². The second-order valence-electron chi connectivity index (χ2n) is 6.21. The normalized spacial score (nSPS) is 10.4. The molecule has 0 aliphatic heterocycles. The van der Waals surface area contributed by atoms with Crippen molar-refractivity contribution in [3.63, 3.8) is 0 Å². The summed E-state index contributed by atoms with van der Waals surface area (Å²) in [5.74, 6) is -0.506. The molecule has 138 valence electrons. The smallest absolute Gasteiger partial charge is 0.242 e. The van der Waals surface area contributed by atoms with Crippen molar-refractivity contribution in [1.29, 1.82) is 0 Å². The van der Waals surface area contributed by atoms with Crippen molar-refractivity contribution in [3.05, 3.63) is 71.5 Å². The number of hydrogen-bond donors (Lipinski definition) is 0. The van der Waals surface area contributed by atoms with Gasteiger partial charge in [0.25, 0.3) is 0 Å². The summed E-state index contributed by atoms with van der Waals surface area (Å²) >= 11 is 0. The van der Waals surface area contributed by atoms with Gasteiger partial charge in [-0.05, 0) is 36.6 Å². The van der Waals surface area contributed by atoms with Crippen molar-refractivity contribution in [1.82, 2.24) is 9.80 Å². The summed E-state index contributed by atoms with van der Waals surface area (Å²) in [6.07, 6.45) is 0.581. The average molecular weight is 356 g/mol. The Kier molecular flexibility index (Phi) is 7.33. The molecule has 2 aromatic carbocycles. The monoisotopic (exact) mass is 356 g/mol. The van der Waals surface area contributed by atoms with Gasteiger partial charge in [0.05, 0.1) is 6.54 Å². The molecule has 0 radical (unpaired) electrons. The molecule has 0 unspecified atom stereocenters. The first-order valence-corrected chi connectivity index (χ1v) is 8.81. The van der Waals surface area contributed by atoms with E-state index in [1.165, 1.54) is 19.1 Å². The van der Waals surface area contributed by atoms with Gasteiger partial charge in [0, 0.05) is 26.6 Å². The van der Waals surface area contributed by atoms with Gasteiger partial charge < -0.3 is 9.80 Å². The van der Waals surface area contributed by atoms with Gasteiger partial charge in [-0.1, -0.05) is 42.5 Å². The number of likely N-dealkylation sites (N-methyl/N-ethyl adjacent to an activating group) is 1. The van der Waals surface area contributed by atoms with Crippen LogP contribution in [0.25, 0.3) is 0 Å². The molecule has 2 aromatic rings. The molecule has 0 aromatic heterocycles. The molecule has 4 nitrogen and oxygen atoms in total. The number of nitrogens with zero attached hydrogens (tertiary/aromatic N) is 2. The third-order valence-electron chi connectivity index (χ3n) is 4.31. The highest BCUT2D eigenvalue weighted by Crippen LogP contribution is 2.08. The number of halogens is 1. The van der Waals surface area contributed by atoms with Gasteiger partial charge in [0.2, 0.25) is 11.8 Å². The zero-order valence-corrected chi connectivity index (χ0v) is 15.3. The van der Waals surface area contributed by atoms with Crippen LogP contribution in [-0.2, 0) is 22.6 Å². The maximum atomic E-state index is 13.0. The molecule has 26 heavy (non-hydrogen) atoms. The standard InChI is InChI=1S/C21H25FN2O2/c1-3-23(15-19-7-5-4-6-8-19)21(26)16-24(17(2)25)14-13-18-9-11-20(22)12-10-18/h4-12H,3,13-16H2,1-2H3. The molecule has 0 saturated carbocycles. The van der Waals surface area contributed by atoms with Crippen molar-refractivity contribution in [2.45, 2.75) is 26.8 Å². The summed E-state index contributed by atoms with van der Waals surface area (Å²) in [6.45, 7) is 4.98. The number of amides is 2. The lowest BCUT2D eigenvalue weighted by atomic mass is 10.1. The number of carbonyl (C=O) groups is 2. The largest absolute Gasteiger partial charge is 0.337 e. The van der Waals surface area contributed by atoms with Crippen LogP contribution in [0.15, 0.2) is 54.6 Å². The summed E-state index contributed by atoms with van der Waals surface area (Å²) in [7, 11) is 0. The fourth-order valence-corrected chi connectivity index (χ4v) is 2.71. The van der Waals surface area contributed by atoms with Crippen LogP contribution >= 0.6 is 0 Å². The second kappa shape index (κ2) is 9.70. The van der Waals surface area contributed by atoms with E-state index in [2.05, 4.69) is 0 Å². The van der Waals surface area contributed by atoms with Gasteiger partial charge in [0.15, 0.2) is 0 Å². The Bertz CT molecular complexity index is 717. The third-order valence-corrected chi connectivity index (χ3v) is 4.31. The molecule has 0 N–H and O–H groups in total. The maximum absolute atomic E-state index is 13.0. The molecule has 2 rings (SSSR count). The lowest BCUT2D eigenvalue weighted by molar-refractivity contribution is -0.139. The van der Waals surface area contributed by atoms with Crippen LogP contribution in [-0.4, -0.2) is 41.2 Å². The van der Waals surface area contributed by atoms with Crippen molar-refractivity contribution in [3.8, 4) is 0 Å². The quantitative estimate of drug-likeness (QED) is 0.728. The summed E-state index contributed by atoms with van der Waals surface area (Å²) in [5.41, 5.74) is 1.99. The first kappa shape index (κ1) is 19.6. The third kappa shape index (κ3) is 5.99. The van der Waals surface area contributed by atoms with Crippen LogP contribution in [0.2, 0.25) is 0 Å². The Morgan fingerprint density at radius 2 is 1.58 bits per heavy atom. The van der Waals surface area contributed by atoms with Gasteiger partial charge in [-0.25, -0.2) is 4.39 Å². The summed E-state index contributed by atoms with van der Waals surface area (Å²) in [4.78, 5) is 27.8. The van der Waals surface area contributed by atoms with E-state index in [1.54, 1.807) is 21.9 Å². The van der Waals surface area contributed by atoms with Gasteiger partial charge in [-0.15, -0.1) is 0 Å². The molecule has 0 fully saturated rings. The van der Waals surface area contributed by atoms with Crippen LogP contribution in [0.3, 0.4) is 0 Å². The van der Waals surface area contributed by atoms with Gasteiger partial charge in [-0.3, -0.25) is 9.59 Å². The van der Waals surface area contributed by atoms with Crippen molar-refractivity contribution < 1.29 is 14.0 Å². The van der Waals surface area contributed by atoms with Crippen LogP contribution < -0.4 is 0 Å². The average Bonchev–Trinajstić information content (AvgIpc) is 2.64.